The van der Waals surface area contributed by atoms with Crippen LogP contribution in [0.4, 0.5) is 23.1 Å². The van der Waals surface area contributed by atoms with E-state index in [1.54, 1.807) is 7.11 Å². The third kappa shape index (κ3) is 7.47. The Labute approximate surface area is 244 Å². The van der Waals surface area contributed by atoms with E-state index in [1.807, 2.05) is 42.2 Å². The van der Waals surface area contributed by atoms with E-state index in [9.17, 15) is 9.59 Å². The second-order valence-electron chi connectivity index (χ2n) is 10.3. The summed E-state index contributed by atoms with van der Waals surface area (Å²) in [5.74, 6) is 2.48. The van der Waals surface area contributed by atoms with Crippen LogP contribution in [0, 0.1) is 6.92 Å². The number of amides is 2. The molecule has 13 heteroatoms. The molecule has 2 aliphatic heterocycles. The predicted molar refractivity (Wildman–Crippen MR) is 159 cm³/mol. The molecule has 2 aromatic heterocycles. The van der Waals surface area contributed by atoms with Crippen molar-refractivity contribution in [3.63, 3.8) is 0 Å². The molecule has 3 N–H and O–H groups in total. The number of aromatic nitrogens is 4. The van der Waals surface area contributed by atoms with E-state index >= 15 is 0 Å². The van der Waals surface area contributed by atoms with Gasteiger partial charge in [0.1, 0.15) is 0 Å². The monoisotopic (exact) mass is 579 g/mol. The highest BCUT2D eigenvalue weighted by Crippen LogP contribution is 2.38. The summed E-state index contributed by atoms with van der Waals surface area (Å²) in [7, 11) is 1.62. The maximum atomic E-state index is 12.8. The van der Waals surface area contributed by atoms with Crippen molar-refractivity contribution < 1.29 is 14.3 Å². The van der Waals surface area contributed by atoms with Crippen LogP contribution in [-0.4, -0.2) is 94.7 Å². The molecule has 0 bridgehead atoms. The first-order valence-corrected chi connectivity index (χ1v) is 14.8. The zero-order valence-electron chi connectivity index (χ0n) is 23.8. The van der Waals surface area contributed by atoms with Crippen LogP contribution < -0.4 is 20.3 Å². The number of carbonyl (C=O) groups excluding carboxylic acids is 2. The quantitative estimate of drug-likeness (QED) is 0.324. The number of methoxy groups -OCH3 is 1. The number of aromatic amines is 1. The normalized spacial score (nSPS) is 16.0. The highest BCUT2D eigenvalue weighted by Gasteiger charge is 2.27. The summed E-state index contributed by atoms with van der Waals surface area (Å²) in [6.07, 6.45) is 3.41. The number of benzene rings is 1. The molecule has 0 saturated carbocycles. The molecule has 0 atom stereocenters. The number of likely N-dealkylation sites (tertiary alicyclic amines) is 1. The van der Waals surface area contributed by atoms with Crippen molar-refractivity contribution in [2.75, 3.05) is 68.5 Å². The largest absolute Gasteiger partial charge is 0.490 e. The number of hydrogen-bond acceptors (Lipinski definition) is 10. The minimum absolute atomic E-state index is 0.117. The van der Waals surface area contributed by atoms with E-state index in [2.05, 4.69) is 30.6 Å². The van der Waals surface area contributed by atoms with Gasteiger partial charge in [-0.15, -0.1) is 0 Å². The maximum absolute atomic E-state index is 12.8. The van der Waals surface area contributed by atoms with Crippen molar-refractivity contribution in [2.24, 2.45) is 0 Å². The predicted octanol–water partition coefficient (Wildman–Crippen LogP) is 3.50. The smallest absolute Gasteiger partial charge is 0.236 e. The summed E-state index contributed by atoms with van der Waals surface area (Å²) in [5.41, 5.74) is 1.65. The Kier molecular flexibility index (Phi) is 9.24. The molecule has 218 valence electrons. The summed E-state index contributed by atoms with van der Waals surface area (Å²) < 4.78 is 5.85. The van der Waals surface area contributed by atoms with Gasteiger partial charge in [0.2, 0.25) is 17.6 Å². The van der Waals surface area contributed by atoms with Gasteiger partial charge >= 0.3 is 0 Å². The number of aryl methyl sites for hydroxylation is 1. The summed E-state index contributed by atoms with van der Waals surface area (Å²) >= 11 is 1.42. The fourth-order valence-corrected chi connectivity index (χ4v) is 5.77. The van der Waals surface area contributed by atoms with Crippen LogP contribution in [0.25, 0.3) is 0 Å². The van der Waals surface area contributed by atoms with Gasteiger partial charge in [0, 0.05) is 68.5 Å². The lowest BCUT2D eigenvalue weighted by Gasteiger charge is -2.37. The Bertz CT molecular complexity index is 1350. The fraction of sp³-hybridized carbons (Fsp3) is 0.464. The molecule has 1 aromatic carbocycles. The molecule has 3 aromatic rings. The van der Waals surface area contributed by atoms with Gasteiger partial charge < -0.3 is 25.2 Å². The molecule has 4 heterocycles. The topological polar surface area (TPSA) is 132 Å². The number of piperidine rings is 1. The first-order chi connectivity index (χ1) is 19.9. The first kappa shape index (κ1) is 28.7. The Morgan fingerprint density at radius 1 is 1.02 bits per heavy atom. The van der Waals surface area contributed by atoms with Crippen LogP contribution >= 0.6 is 11.8 Å². The molecule has 0 aliphatic carbocycles. The van der Waals surface area contributed by atoms with Crippen LogP contribution in [-0.2, 0) is 9.59 Å². The third-order valence-electron chi connectivity index (χ3n) is 7.11. The van der Waals surface area contributed by atoms with Crippen LogP contribution in [0.3, 0.4) is 0 Å². The third-order valence-corrected chi connectivity index (χ3v) is 7.98. The van der Waals surface area contributed by atoms with Crippen LogP contribution in [0.2, 0.25) is 0 Å². The highest BCUT2D eigenvalue weighted by atomic mass is 32.2. The summed E-state index contributed by atoms with van der Waals surface area (Å²) in [5, 5.41) is 13.9. The summed E-state index contributed by atoms with van der Waals surface area (Å²) in [6.45, 7) is 8.53. The lowest BCUT2D eigenvalue weighted by molar-refractivity contribution is -0.133. The van der Waals surface area contributed by atoms with Crippen molar-refractivity contribution in [3.05, 3.63) is 36.0 Å². The molecule has 0 unspecified atom stereocenters. The average Bonchev–Trinajstić information content (AvgIpc) is 3.38. The zero-order chi connectivity index (χ0) is 28.8. The van der Waals surface area contributed by atoms with Gasteiger partial charge in [0.25, 0.3) is 0 Å². The van der Waals surface area contributed by atoms with Crippen LogP contribution in [0.15, 0.2) is 40.4 Å². The van der Waals surface area contributed by atoms with Gasteiger partial charge in [-0.25, -0.2) is 9.97 Å². The van der Waals surface area contributed by atoms with Gasteiger partial charge in [0.05, 0.1) is 13.7 Å². The van der Waals surface area contributed by atoms with E-state index in [0.29, 0.717) is 48.0 Å². The molecule has 12 nitrogen and oxygen atoms in total. The molecular weight excluding hydrogens is 542 g/mol. The second kappa shape index (κ2) is 13.2. The molecular formula is C28H37N9O3S. The van der Waals surface area contributed by atoms with E-state index in [-0.39, 0.29) is 11.8 Å². The number of rotatable bonds is 9. The first-order valence-electron chi connectivity index (χ1n) is 13.9. The van der Waals surface area contributed by atoms with Crippen LogP contribution in [0.5, 0.6) is 5.75 Å². The molecule has 2 aliphatic rings. The number of ether oxygens (including phenoxy) is 1. The Morgan fingerprint density at radius 2 is 1.76 bits per heavy atom. The molecule has 2 amide bonds. The van der Waals surface area contributed by atoms with Crippen molar-refractivity contribution in [3.8, 4) is 5.75 Å². The number of nitrogens with one attached hydrogen (secondary N) is 3. The van der Waals surface area contributed by atoms with Gasteiger partial charge in [0.15, 0.2) is 22.6 Å². The Hall–Kier alpha value is -3.84. The van der Waals surface area contributed by atoms with Crippen LogP contribution in [0.1, 0.15) is 31.9 Å². The summed E-state index contributed by atoms with van der Waals surface area (Å²) in [4.78, 5) is 41.2. The minimum atomic E-state index is -0.117. The van der Waals surface area contributed by atoms with Gasteiger partial charge in [-0.3, -0.25) is 19.6 Å². The lowest BCUT2D eigenvalue weighted by Crippen LogP contribution is -2.51. The van der Waals surface area contributed by atoms with E-state index in [4.69, 9.17) is 14.7 Å². The molecule has 5 rings (SSSR count). The van der Waals surface area contributed by atoms with E-state index < -0.39 is 0 Å². The summed E-state index contributed by atoms with van der Waals surface area (Å²) in [6, 6.07) is 9.44. The number of carbonyl (C=O) groups is 2. The Balaban J connectivity index is 1.35. The average molecular weight is 580 g/mol. The van der Waals surface area contributed by atoms with Crippen molar-refractivity contribution in [1.29, 1.82) is 0 Å². The van der Waals surface area contributed by atoms with E-state index in [1.165, 1.54) is 25.1 Å². The second-order valence-corrected chi connectivity index (χ2v) is 11.3. The minimum Gasteiger partial charge on any atom is -0.490 e. The van der Waals surface area contributed by atoms with Gasteiger partial charge in [-0.1, -0.05) is 0 Å². The standard InChI is InChI=1S/C28H37N9O3S/c1-19-17-23(34-33-19)30-26-25(40-3)27(32-28(31-26)41-22-9-7-21(8-10-22)29-20(2)38)37-15-13-35(14-16-37)18-24(39)36-11-5-4-6-12-36/h7-10,17H,4-6,11-16,18H2,1-3H3,(H,29,38)(H2,30,31,32,33,34). The number of piperazine rings is 1. The molecule has 2 saturated heterocycles. The number of hydrogen-bond donors (Lipinski definition) is 3. The SMILES string of the molecule is COc1c(Nc2cc(C)[nH]n2)nc(Sc2ccc(NC(C)=O)cc2)nc1N1CCN(CC(=O)N2CCCCC2)CC1. The Morgan fingerprint density at radius 3 is 2.39 bits per heavy atom. The zero-order valence-corrected chi connectivity index (χ0v) is 24.6. The number of nitrogens with zero attached hydrogens (tertiary/aromatic N) is 6. The number of H-pyrrole nitrogens is 1. The molecule has 41 heavy (non-hydrogen) atoms. The maximum Gasteiger partial charge on any atom is 0.236 e. The van der Waals surface area contributed by atoms with Crippen molar-refractivity contribution in [2.45, 2.75) is 43.2 Å². The highest BCUT2D eigenvalue weighted by molar-refractivity contribution is 7.99. The lowest BCUT2D eigenvalue weighted by atomic mass is 10.1. The molecule has 0 spiro atoms. The van der Waals surface area contributed by atoms with Crippen molar-refractivity contribution >= 4 is 46.7 Å². The fourth-order valence-electron chi connectivity index (χ4n) is 5.02. The molecule has 2 fully saturated rings. The van der Waals surface area contributed by atoms with E-state index in [0.717, 1.165) is 55.3 Å². The van der Waals surface area contributed by atoms with Gasteiger partial charge in [-0.2, -0.15) is 5.10 Å². The molecule has 0 radical (unpaired) electrons. The number of anilines is 4. The van der Waals surface area contributed by atoms with Crippen molar-refractivity contribution in [1.82, 2.24) is 30.0 Å². The van der Waals surface area contributed by atoms with Gasteiger partial charge in [-0.05, 0) is 62.2 Å².